The average molecular weight is 293 g/mol. The molecule has 1 aliphatic carbocycles. The highest BCUT2D eigenvalue weighted by molar-refractivity contribution is 6.30. The zero-order valence-corrected chi connectivity index (χ0v) is 13.1. The second-order valence-corrected chi connectivity index (χ2v) is 6.90. The third kappa shape index (κ3) is 3.03. The Morgan fingerprint density at radius 1 is 1.25 bits per heavy atom. The summed E-state index contributed by atoms with van der Waals surface area (Å²) in [4.78, 5) is 2.69. The van der Waals surface area contributed by atoms with Gasteiger partial charge in [-0.15, -0.1) is 0 Å². The number of benzene rings is 1. The Labute approximate surface area is 127 Å². The molecule has 2 fully saturated rings. The zero-order chi connectivity index (χ0) is 14.0. The van der Waals surface area contributed by atoms with E-state index in [1.807, 2.05) is 12.1 Å². The Bertz CT molecular complexity index is 437. The maximum absolute atomic E-state index is 5.99. The summed E-state index contributed by atoms with van der Waals surface area (Å²) in [5.74, 6) is 0. The summed E-state index contributed by atoms with van der Waals surface area (Å²) in [6.07, 6.45) is 6.69. The standard InChI is InChI=1S/C17H25ClN2/c1-2-16-11-19-17(9-3-4-10-17)13-20(16)12-14-5-7-15(18)8-6-14/h5-8,16,19H,2-4,9-13H2,1H3. The van der Waals surface area contributed by atoms with Crippen LogP contribution in [0.3, 0.4) is 0 Å². The summed E-state index contributed by atoms with van der Waals surface area (Å²) in [7, 11) is 0. The van der Waals surface area contributed by atoms with E-state index in [0.29, 0.717) is 11.6 Å². The van der Waals surface area contributed by atoms with Crippen LogP contribution in [0.4, 0.5) is 0 Å². The van der Waals surface area contributed by atoms with Gasteiger partial charge < -0.3 is 5.32 Å². The van der Waals surface area contributed by atoms with Crippen LogP contribution in [-0.4, -0.2) is 29.6 Å². The van der Waals surface area contributed by atoms with Gasteiger partial charge in [0.25, 0.3) is 0 Å². The molecule has 2 aliphatic rings. The second-order valence-electron chi connectivity index (χ2n) is 6.46. The molecule has 1 aromatic carbocycles. The lowest BCUT2D eigenvalue weighted by Gasteiger charge is -2.46. The number of nitrogens with zero attached hydrogens (tertiary/aromatic N) is 1. The van der Waals surface area contributed by atoms with Crippen LogP contribution in [0.1, 0.15) is 44.6 Å². The molecule has 20 heavy (non-hydrogen) atoms. The number of hydrogen-bond acceptors (Lipinski definition) is 2. The third-order valence-corrected chi connectivity index (χ3v) is 5.32. The molecule has 1 saturated heterocycles. The highest BCUT2D eigenvalue weighted by Crippen LogP contribution is 2.34. The summed E-state index contributed by atoms with van der Waals surface area (Å²) in [5.41, 5.74) is 1.78. The van der Waals surface area contributed by atoms with Gasteiger partial charge >= 0.3 is 0 Å². The molecule has 1 aromatic rings. The third-order valence-electron chi connectivity index (χ3n) is 5.07. The summed E-state index contributed by atoms with van der Waals surface area (Å²) in [6, 6.07) is 9.00. The molecule has 0 amide bonds. The molecule has 110 valence electrons. The van der Waals surface area contributed by atoms with Crippen molar-refractivity contribution in [2.45, 2.75) is 57.2 Å². The lowest BCUT2D eigenvalue weighted by molar-refractivity contribution is 0.0718. The largest absolute Gasteiger partial charge is 0.308 e. The lowest BCUT2D eigenvalue weighted by atomic mass is 9.91. The van der Waals surface area contributed by atoms with Gasteiger partial charge in [0.1, 0.15) is 0 Å². The van der Waals surface area contributed by atoms with E-state index >= 15 is 0 Å². The minimum absolute atomic E-state index is 0.401. The fourth-order valence-corrected chi connectivity index (χ4v) is 3.96. The van der Waals surface area contributed by atoms with Crippen molar-refractivity contribution in [2.24, 2.45) is 0 Å². The van der Waals surface area contributed by atoms with E-state index in [0.717, 1.165) is 18.1 Å². The smallest absolute Gasteiger partial charge is 0.0406 e. The average Bonchev–Trinajstić information content (AvgIpc) is 2.90. The molecule has 1 unspecified atom stereocenters. The van der Waals surface area contributed by atoms with Crippen molar-refractivity contribution < 1.29 is 0 Å². The fraction of sp³-hybridized carbons (Fsp3) is 0.647. The monoisotopic (exact) mass is 292 g/mol. The van der Waals surface area contributed by atoms with Crippen LogP contribution < -0.4 is 5.32 Å². The predicted octanol–water partition coefficient (Wildman–Crippen LogP) is 3.84. The maximum Gasteiger partial charge on any atom is 0.0406 e. The van der Waals surface area contributed by atoms with Crippen molar-refractivity contribution in [2.75, 3.05) is 13.1 Å². The van der Waals surface area contributed by atoms with Crippen molar-refractivity contribution in [1.29, 1.82) is 0 Å². The van der Waals surface area contributed by atoms with Crippen molar-refractivity contribution in [3.8, 4) is 0 Å². The van der Waals surface area contributed by atoms with Gasteiger partial charge in [-0.05, 0) is 37.0 Å². The molecule has 3 rings (SSSR count). The van der Waals surface area contributed by atoms with Gasteiger partial charge in [-0.2, -0.15) is 0 Å². The van der Waals surface area contributed by atoms with Crippen LogP contribution in [0.15, 0.2) is 24.3 Å². The highest BCUT2D eigenvalue weighted by Gasteiger charge is 2.40. The molecule has 0 aromatic heterocycles. The van der Waals surface area contributed by atoms with E-state index in [4.69, 9.17) is 11.6 Å². The number of hydrogen-bond donors (Lipinski definition) is 1. The van der Waals surface area contributed by atoms with Gasteiger partial charge in [-0.25, -0.2) is 0 Å². The zero-order valence-electron chi connectivity index (χ0n) is 12.4. The second kappa shape index (κ2) is 6.05. The van der Waals surface area contributed by atoms with Crippen LogP contribution in [0, 0.1) is 0 Å². The summed E-state index contributed by atoms with van der Waals surface area (Å²) >= 11 is 5.99. The van der Waals surface area contributed by atoms with Gasteiger partial charge in [-0.3, -0.25) is 4.90 Å². The minimum atomic E-state index is 0.401. The topological polar surface area (TPSA) is 15.3 Å². The number of nitrogens with one attached hydrogen (secondary N) is 1. The lowest BCUT2D eigenvalue weighted by Crippen LogP contribution is -2.62. The van der Waals surface area contributed by atoms with Crippen molar-refractivity contribution in [3.63, 3.8) is 0 Å². The van der Waals surface area contributed by atoms with E-state index in [-0.39, 0.29) is 0 Å². The van der Waals surface area contributed by atoms with E-state index < -0.39 is 0 Å². The molecule has 1 saturated carbocycles. The molecule has 1 atom stereocenters. The Balaban J connectivity index is 1.72. The SMILES string of the molecule is CCC1CNC2(CCCC2)CN1Cc1ccc(Cl)cc1. The Morgan fingerprint density at radius 2 is 1.95 bits per heavy atom. The first-order valence-corrected chi connectivity index (χ1v) is 8.32. The molecule has 1 aliphatic heterocycles. The van der Waals surface area contributed by atoms with Crippen LogP contribution >= 0.6 is 11.6 Å². The van der Waals surface area contributed by atoms with E-state index in [1.54, 1.807) is 0 Å². The first-order valence-electron chi connectivity index (χ1n) is 7.94. The van der Waals surface area contributed by atoms with Crippen molar-refractivity contribution >= 4 is 11.6 Å². The predicted molar refractivity (Wildman–Crippen MR) is 85.1 cm³/mol. The van der Waals surface area contributed by atoms with Crippen molar-refractivity contribution in [1.82, 2.24) is 10.2 Å². The summed E-state index contributed by atoms with van der Waals surface area (Å²) in [5, 5.41) is 4.68. The molecule has 2 nitrogen and oxygen atoms in total. The first-order chi connectivity index (χ1) is 9.71. The quantitative estimate of drug-likeness (QED) is 0.911. The van der Waals surface area contributed by atoms with Gasteiger partial charge in [0, 0.05) is 36.2 Å². The normalized spacial score (nSPS) is 26.2. The van der Waals surface area contributed by atoms with Crippen LogP contribution in [0.2, 0.25) is 5.02 Å². The molecule has 1 spiro atoms. The molecule has 0 radical (unpaired) electrons. The number of rotatable bonds is 3. The maximum atomic E-state index is 5.99. The fourth-order valence-electron chi connectivity index (χ4n) is 3.84. The first kappa shape index (κ1) is 14.4. The molecule has 1 heterocycles. The van der Waals surface area contributed by atoms with Crippen LogP contribution in [0.5, 0.6) is 0 Å². The number of piperazine rings is 1. The van der Waals surface area contributed by atoms with Crippen LogP contribution in [-0.2, 0) is 6.54 Å². The Hall–Kier alpha value is -0.570. The van der Waals surface area contributed by atoms with E-state index in [2.05, 4.69) is 29.3 Å². The van der Waals surface area contributed by atoms with E-state index in [1.165, 1.54) is 44.2 Å². The molecular formula is C17H25ClN2. The Morgan fingerprint density at radius 3 is 2.60 bits per heavy atom. The summed E-state index contributed by atoms with van der Waals surface area (Å²) in [6.45, 7) is 5.70. The molecule has 3 heteroatoms. The Kier molecular flexibility index (Phi) is 4.34. The highest BCUT2D eigenvalue weighted by atomic mass is 35.5. The number of halogens is 1. The van der Waals surface area contributed by atoms with Crippen LogP contribution in [0.25, 0.3) is 0 Å². The molecular weight excluding hydrogens is 268 g/mol. The minimum Gasteiger partial charge on any atom is -0.308 e. The van der Waals surface area contributed by atoms with Gasteiger partial charge in [0.2, 0.25) is 0 Å². The van der Waals surface area contributed by atoms with Gasteiger partial charge in [0.15, 0.2) is 0 Å². The van der Waals surface area contributed by atoms with Gasteiger partial charge in [0.05, 0.1) is 0 Å². The molecule has 1 N–H and O–H groups in total. The van der Waals surface area contributed by atoms with E-state index in [9.17, 15) is 0 Å². The van der Waals surface area contributed by atoms with Crippen molar-refractivity contribution in [3.05, 3.63) is 34.9 Å². The van der Waals surface area contributed by atoms with Gasteiger partial charge in [-0.1, -0.05) is 43.5 Å². The summed E-state index contributed by atoms with van der Waals surface area (Å²) < 4.78 is 0. The molecule has 0 bridgehead atoms.